The molecule has 0 aromatic carbocycles. The molecule has 0 aliphatic heterocycles. The molecule has 17 heavy (non-hydrogen) atoms. The number of carboxylic acid groups (broad SMARTS) is 1. The number of rotatable bonds is 7. The Morgan fingerprint density at radius 1 is 1.29 bits per heavy atom. The Kier molecular flexibility index (Phi) is 6.57. The van der Waals surface area contributed by atoms with E-state index < -0.39 is 11.4 Å². The highest BCUT2D eigenvalue weighted by atomic mass is 16.5. The van der Waals surface area contributed by atoms with Gasteiger partial charge in [0.2, 0.25) is 0 Å². The number of hydrogen-bond donors (Lipinski definition) is 3. The quantitative estimate of drug-likeness (QED) is 0.580. The van der Waals surface area contributed by atoms with Gasteiger partial charge < -0.3 is 20.5 Å². The highest BCUT2D eigenvalue weighted by Crippen LogP contribution is 2.12. The number of nitrogens with one attached hydrogen (secondary N) is 2. The summed E-state index contributed by atoms with van der Waals surface area (Å²) in [5.41, 5.74) is -0.966. The second-order valence-corrected chi connectivity index (χ2v) is 4.72. The van der Waals surface area contributed by atoms with Crippen molar-refractivity contribution in [1.29, 1.82) is 0 Å². The zero-order chi connectivity index (χ0) is 13.5. The minimum Gasteiger partial charge on any atom is -0.481 e. The minimum absolute atomic E-state index is 0.0825. The van der Waals surface area contributed by atoms with E-state index in [1.807, 2.05) is 13.8 Å². The molecule has 6 heteroatoms. The number of carbonyl (C=O) groups is 2. The van der Waals surface area contributed by atoms with Crippen LogP contribution in [0, 0.1) is 5.41 Å². The third-order valence-corrected chi connectivity index (χ3v) is 2.11. The number of amides is 2. The van der Waals surface area contributed by atoms with Gasteiger partial charge in [-0.15, -0.1) is 0 Å². The molecule has 0 rings (SSSR count). The largest absolute Gasteiger partial charge is 0.481 e. The van der Waals surface area contributed by atoms with Crippen LogP contribution in [-0.4, -0.2) is 42.9 Å². The second kappa shape index (κ2) is 7.11. The Bertz CT molecular complexity index is 264. The summed E-state index contributed by atoms with van der Waals surface area (Å²) >= 11 is 0. The average Bonchev–Trinajstić information content (AvgIpc) is 2.21. The van der Waals surface area contributed by atoms with Gasteiger partial charge in [-0.05, 0) is 27.7 Å². The highest BCUT2D eigenvalue weighted by molar-refractivity contribution is 5.77. The lowest BCUT2D eigenvalue weighted by Crippen LogP contribution is -2.44. The van der Waals surface area contributed by atoms with Crippen molar-refractivity contribution in [3.63, 3.8) is 0 Å². The van der Waals surface area contributed by atoms with Gasteiger partial charge in [0.15, 0.2) is 0 Å². The van der Waals surface area contributed by atoms with Gasteiger partial charge in [-0.2, -0.15) is 0 Å². The van der Waals surface area contributed by atoms with E-state index >= 15 is 0 Å². The average molecular weight is 246 g/mol. The summed E-state index contributed by atoms with van der Waals surface area (Å²) in [7, 11) is 0. The summed E-state index contributed by atoms with van der Waals surface area (Å²) in [6.45, 7) is 7.85. The topological polar surface area (TPSA) is 87.7 Å². The van der Waals surface area contributed by atoms with Gasteiger partial charge in [0, 0.05) is 13.1 Å². The first-order valence-electron chi connectivity index (χ1n) is 5.62. The molecule has 0 radical (unpaired) electrons. The van der Waals surface area contributed by atoms with Crippen LogP contribution in [0.1, 0.15) is 27.7 Å². The maximum absolute atomic E-state index is 11.3. The third kappa shape index (κ3) is 7.57. The molecule has 0 aromatic rings. The van der Waals surface area contributed by atoms with E-state index in [4.69, 9.17) is 9.84 Å². The molecule has 0 aromatic heterocycles. The number of aliphatic carboxylic acids is 1. The molecule has 0 fully saturated rings. The Hall–Kier alpha value is -1.30. The molecule has 0 saturated heterocycles. The van der Waals surface area contributed by atoms with Crippen molar-refractivity contribution >= 4 is 12.0 Å². The molecule has 0 aliphatic carbocycles. The third-order valence-electron chi connectivity index (χ3n) is 2.11. The van der Waals surface area contributed by atoms with Gasteiger partial charge in [0.25, 0.3) is 0 Å². The van der Waals surface area contributed by atoms with Gasteiger partial charge in [0.1, 0.15) is 0 Å². The molecular formula is C11H22N2O4. The predicted octanol–water partition coefficient (Wildman–Crippen LogP) is 0.821. The normalized spacial score (nSPS) is 11.4. The molecule has 0 atom stereocenters. The first-order valence-corrected chi connectivity index (χ1v) is 5.62. The van der Waals surface area contributed by atoms with Crippen LogP contribution >= 0.6 is 0 Å². The smallest absolute Gasteiger partial charge is 0.314 e. The van der Waals surface area contributed by atoms with E-state index in [1.165, 1.54) is 0 Å². The molecule has 2 amide bonds. The number of ether oxygens (including phenoxy) is 1. The molecule has 0 bridgehead atoms. The fourth-order valence-corrected chi connectivity index (χ4v) is 0.899. The Morgan fingerprint density at radius 3 is 2.35 bits per heavy atom. The van der Waals surface area contributed by atoms with Crippen LogP contribution in [0.25, 0.3) is 0 Å². The monoisotopic (exact) mass is 246 g/mol. The molecule has 0 heterocycles. The Morgan fingerprint density at radius 2 is 1.88 bits per heavy atom. The van der Waals surface area contributed by atoms with E-state index in [2.05, 4.69) is 10.6 Å². The summed E-state index contributed by atoms with van der Waals surface area (Å²) in [6.07, 6.45) is 0.130. The van der Waals surface area contributed by atoms with Crippen molar-refractivity contribution < 1.29 is 19.4 Å². The van der Waals surface area contributed by atoms with E-state index in [-0.39, 0.29) is 18.7 Å². The zero-order valence-corrected chi connectivity index (χ0v) is 10.9. The molecule has 6 nitrogen and oxygen atoms in total. The first kappa shape index (κ1) is 15.7. The van der Waals surface area contributed by atoms with Gasteiger partial charge in [0.05, 0.1) is 18.1 Å². The molecule has 3 N–H and O–H groups in total. The maximum Gasteiger partial charge on any atom is 0.314 e. The zero-order valence-electron chi connectivity index (χ0n) is 10.9. The molecule has 0 aliphatic rings. The summed E-state index contributed by atoms with van der Waals surface area (Å²) in [4.78, 5) is 22.1. The molecule has 0 saturated carbocycles. The lowest BCUT2D eigenvalue weighted by Gasteiger charge is -2.19. The van der Waals surface area contributed by atoms with Crippen LogP contribution in [0.2, 0.25) is 0 Å². The van der Waals surface area contributed by atoms with Crippen LogP contribution in [0.5, 0.6) is 0 Å². The second-order valence-electron chi connectivity index (χ2n) is 4.72. The van der Waals surface area contributed by atoms with Crippen LogP contribution in [0.4, 0.5) is 4.79 Å². The van der Waals surface area contributed by atoms with E-state index in [0.29, 0.717) is 13.2 Å². The first-order chi connectivity index (χ1) is 7.75. The highest BCUT2D eigenvalue weighted by Gasteiger charge is 2.27. The Labute approximate surface area is 102 Å². The van der Waals surface area contributed by atoms with Gasteiger partial charge in [-0.3, -0.25) is 4.79 Å². The van der Waals surface area contributed by atoms with E-state index in [1.54, 1.807) is 13.8 Å². The SMILES string of the molecule is CC(C)OCCNC(=O)NCC(C)(C)C(=O)O. The predicted molar refractivity (Wildman–Crippen MR) is 63.9 cm³/mol. The van der Waals surface area contributed by atoms with Crippen molar-refractivity contribution in [1.82, 2.24) is 10.6 Å². The standard InChI is InChI=1S/C11H22N2O4/c1-8(2)17-6-5-12-10(16)13-7-11(3,4)9(14)15/h8H,5-7H2,1-4H3,(H,14,15)(H2,12,13,16). The molecule has 100 valence electrons. The Balaban J connectivity index is 3.70. The molecule has 0 unspecified atom stereocenters. The maximum atomic E-state index is 11.3. The number of hydrogen-bond acceptors (Lipinski definition) is 3. The molecular weight excluding hydrogens is 224 g/mol. The van der Waals surface area contributed by atoms with Crippen molar-refractivity contribution in [2.24, 2.45) is 5.41 Å². The fraction of sp³-hybridized carbons (Fsp3) is 0.818. The van der Waals surface area contributed by atoms with Crippen molar-refractivity contribution in [2.45, 2.75) is 33.8 Å². The van der Waals surface area contributed by atoms with Crippen LogP contribution in [0.3, 0.4) is 0 Å². The summed E-state index contributed by atoms with van der Waals surface area (Å²) < 4.78 is 5.24. The van der Waals surface area contributed by atoms with Crippen molar-refractivity contribution in [2.75, 3.05) is 19.7 Å². The van der Waals surface area contributed by atoms with Gasteiger partial charge in [-0.1, -0.05) is 0 Å². The van der Waals surface area contributed by atoms with Gasteiger partial charge >= 0.3 is 12.0 Å². The number of carboxylic acids is 1. The lowest BCUT2D eigenvalue weighted by molar-refractivity contribution is -0.146. The minimum atomic E-state index is -0.966. The summed E-state index contributed by atoms with van der Waals surface area (Å²) in [5, 5.41) is 13.9. The van der Waals surface area contributed by atoms with Crippen LogP contribution in [-0.2, 0) is 9.53 Å². The number of carbonyl (C=O) groups excluding carboxylic acids is 1. The number of urea groups is 1. The molecule has 0 spiro atoms. The van der Waals surface area contributed by atoms with Crippen molar-refractivity contribution in [3.05, 3.63) is 0 Å². The lowest BCUT2D eigenvalue weighted by atomic mass is 9.94. The van der Waals surface area contributed by atoms with E-state index in [9.17, 15) is 9.59 Å². The summed E-state index contributed by atoms with van der Waals surface area (Å²) in [6, 6.07) is -0.383. The van der Waals surface area contributed by atoms with Crippen LogP contribution < -0.4 is 10.6 Å². The summed E-state index contributed by atoms with van der Waals surface area (Å²) in [5.74, 6) is -0.944. The van der Waals surface area contributed by atoms with Crippen LogP contribution in [0.15, 0.2) is 0 Å². The van der Waals surface area contributed by atoms with Gasteiger partial charge in [-0.25, -0.2) is 4.79 Å². The van der Waals surface area contributed by atoms with Crippen molar-refractivity contribution in [3.8, 4) is 0 Å². The fourth-order valence-electron chi connectivity index (χ4n) is 0.899. The van der Waals surface area contributed by atoms with E-state index in [0.717, 1.165) is 0 Å².